The van der Waals surface area contributed by atoms with Gasteiger partial charge in [-0.1, -0.05) is 6.07 Å². The quantitative estimate of drug-likeness (QED) is 0.517. The van der Waals surface area contributed by atoms with Crippen molar-refractivity contribution >= 4 is 27.6 Å². The second kappa shape index (κ2) is 6.43. The number of hydrogen-bond donors (Lipinski definition) is 0. The van der Waals surface area contributed by atoms with Crippen molar-refractivity contribution < 1.29 is 0 Å². The molecule has 7 nitrogen and oxygen atoms in total. The average molecular weight is 371 g/mol. The summed E-state index contributed by atoms with van der Waals surface area (Å²) in [6.45, 7) is 12.1. The maximum Gasteiger partial charge on any atom is 0.188 e. The number of fused-ring (bicyclic) bond motifs is 3. The van der Waals surface area contributed by atoms with Gasteiger partial charge in [-0.15, -0.1) is 0 Å². The van der Waals surface area contributed by atoms with E-state index in [0.717, 1.165) is 52.8 Å². The van der Waals surface area contributed by atoms with Crippen molar-refractivity contribution in [2.45, 2.75) is 25.9 Å². The molecule has 0 spiro atoms. The van der Waals surface area contributed by atoms with Gasteiger partial charge in [0, 0.05) is 24.2 Å². The molecule has 4 aromatic rings. The van der Waals surface area contributed by atoms with E-state index in [4.69, 9.17) is 11.6 Å². The second-order valence-corrected chi connectivity index (χ2v) is 7.62. The number of benzene rings is 1. The van der Waals surface area contributed by atoms with Crippen LogP contribution in [0, 0.1) is 13.5 Å². The molecule has 7 heteroatoms. The Labute approximate surface area is 163 Å². The van der Waals surface area contributed by atoms with Gasteiger partial charge in [-0.05, 0) is 44.6 Å². The van der Waals surface area contributed by atoms with Gasteiger partial charge in [0.1, 0.15) is 11.3 Å². The Hall–Kier alpha value is -3.24. The Morgan fingerprint density at radius 3 is 2.86 bits per heavy atom. The van der Waals surface area contributed by atoms with Crippen molar-refractivity contribution in [1.82, 2.24) is 29.2 Å². The largest absolute Gasteiger partial charge is 0.321 e. The summed E-state index contributed by atoms with van der Waals surface area (Å²) in [7, 11) is 2.16. The molecule has 0 saturated carbocycles. The predicted molar refractivity (Wildman–Crippen MR) is 109 cm³/mol. The minimum Gasteiger partial charge on any atom is -0.321 e. The zero-order valence-electron chi connectivity index (χ0n) is 16.0. The van der Waals surface area contributed by atoms with Crippen LogP contribution in [0.25, 0.3) is 26.8 Å². The smallest absolute Gasteiger partial charge is 0.188 e. The number of likely N-dealkylation sites (N-methyl/N-ethyl adjacent to an activating group) is 1. The molecule has 1 fully saturated rings. The summed E-state index contributed by atoms with van der Waals surface area (Å²) < 4.78 is 4.31. The summed E-state index contributed by atoms with van der Waals surface area (Å²) in [6.07, 6.45) is 6.84. The van der Waals surface area contributed by atoms with Crippen LogP contribution in [0.4, 0.5) is 5.69 Å². The van der Waals surface area contributed by atoms with Crippen LogP contribution in [-0.4, -0.2) is 49.4 Å². The van der Waals surface area contributed by atoms with E-state index in [1.54, 1.807) is 0 Å². The lowest BCUT2D eigenvalue weighted by atomic mass is 10.1. The summed E-state index contributed by atoms with van der Waals surface area (Å²) >= 11 is 0. The summed E-state index contributed by atoms with van der Waals surface area (Å²) in [4.78, 5) is 15.5. The maximum atomic E-state index is 7.39. The first-order valence-corrected chi connectivity index (χ1v) is 9.47. The number of pyridine rings is 1. The van der Waals surface area contributed by atoms with Crippen molar-refractivity contribution in [1.29, 1.82) is 0 Å². The van der Waals surface area contributed by atoms with Crippen LogP contribution in [-0.2, 0) is 6.54 Å². The first-order chi connectivity index (χ1) is 13.6. The van der Waals surface area contributed by atoms with Gasteiger partial charge in [-0.25, -0.2) is 9.83 Å². The third kappa shape index (κ3) is 2.74. The molecule has 1 atom stereocenters. The van der Waals surface area contributed by atoms with Crippen LogP contribution in [0.1, 0.15) is 23.9 Å². The molecule has 0 radical (unpaired) electrons. The summed E-state index contributed by atoms with van der Waals surface area (Å²) in [5.41, 5.74) is 4.62. The molecule has 0 amide bonds. The molecule has 28 heavy (non-hydrogen) atoms. The SMILES string of the molecule is [C-]#[N+]c1ccc2ncc3nc(Cn4cc(C)cn4)n([C@@H]4CCN(C)C4)c3c2c1. The summed E-state index contributed by atoms with van der Waals surface area (Å²) in [6, 6.07) is 6.04. The standard InChI is InChI=1S/C21H21N7/c1-14-9-24-27(11-14)13-20-25-19-10-23-18-5-4-15(22-2)8-17(18)21(19)28(20)16-6-7-26(3)12-16/h4-5,8-11,16H,6-7,12-13H2,1,3H3/t16-/m1/s1. The van der Waals surface area contributed by atoms with Gasteiger partial charge in [-0.2, -0.15) is 5.10 Å². The summed E-state index contributed by atoms with van der Waals surface area (Å²) in [5, 5.41) is 5.45. The maximum absolute atomic E-state index is 7.39. The van der Waals surface area contributed by atoms with Crippen molar-refractivity contribution in [3.63, 3.8) is 0 Å². The number of likely N-dealkylation sites (tertiary alicyclic amines) is 1. The van der Waals surface area contributed by atoms with E-state index in [1.807, 2.05) is 48.4 Å². The molecule has 0 aliphatic carbocycles. The van der Waals surface area contributed by atoms with Crippen LogP contribution in [0.15, 0.2) is 36.8 Å². The van der Waals surface area contributed by atoms with E-state index in [-0.39, 0.29) is 0 Å². The fourth-order valence-electron chi connectivity index (χ4n) is 4.21. The van der Waals surface area contributed by atoms with Crippen LogP contribution >= 0.6 is 0 Å². The fourth-order valence-corrected chi connectivity index (χ4v) is 4.21. The molecule has 140 valence electrons. The molecular formula is C21H21N7. The lowest BCUT2D eigenvalue weighted by Crippen LogP contribution is -2.19. The average Bonchev–Trinajstić information content (AvgIpc) is 3.39. The molecule has 3 aromatic heterocycles. The Balaban J connectivity index is 1.76. The van der Waals surface area contributed by atoms with E-state index in [2.05, 4.69) is 31.4 Å². The van der Waals surface area contributed by atoms with E-state index in [9.17, 15) is 0 Å². The number of nitrogens with zero attached hydrogens (tertiary/aromatic N) is 7. The molecule has 1 aliphatic heterocycles. The van der Waals surface area contributed by atoms with Crippen molar-refractivity contribution in [3.8, 4) is 0 Å². The van der Waals surface area contributed by atoms with Gasteiger partial charge < -0.3 is 9.47 Å². The van der Waals surface area contributed by atoms with Crippen molar-refractivity contribution in [3.05, 3.63) is 59.6 Å². The van der Waals surface area contributed by atoms with E-state index < -0.39 is 0 Å². The van der Waals surface area contributed by atoms with Crippen LogP contribution in [0.2, 0.25) is 0 Å². The lowest BCUT2D eigenvalue weighted by Gasteiger charge is -2.18. The highest BCUT2D eigenvalue weighted by Crippen LogP contribution is 2.33. The van der Waals surface area contributed by atoms with Gasteiger partial charge >= 0.3 is 0 Å². The molecule has 5 rings (SSSR count). The molecular weight excluding hydrogens is 350 g/mol. The number of aromatic nitrogens is 5. The third-order valence-electron chi connectivity index (χ3n) is 5.50. The van der Waals surface area contributed by atoms with Gasteiger partial charge in [-0.3, -0.25) is 9.67 Å². The monoisotopic (exact) mass is 371 g/mol. The van der Waals surface area contributed by atoms with Crippen LogP contribution < -0.4 is 0 Å². The Morgan fingerprint density at radius 2 is 2.14 bits per heavy atom. The molecule has 0 bridgehead atoms. The van der Waals surface area contributed by atoms with Crippen molar-refractivity contribution in [2.75, 3.05) is 20.1 Å². The molecule has 1 aliphatic rings. The molecule has 1 aromatic carbocycles. The Kier molecular flexibility index (Phi) is 3.88. The Morgan fingerprint density at radius 1 is 1.25 bits per heavy atom. The minimum absolute atomic E-state index is 0.351. The molecule has 0 unspecified atom stereocenters. The van der Waals surface area contributed by atoms with E-state index in [1.165, 1.54) is 0 Å². The molecule has 0 N–H and O–H groups in total. The summed E-state index contributed by atoms with van der Waals surface area (Å²) in [5.74, 6) is 0.987. The normalized spacial score (nSPS) is 17.5. The highest BCUT2D eigenvalue weighted by atomic mass is 15.3. The first-order valence-electron chi connectivity index (χ1n) is 9.47. The second-order valence-electron chi connectivity index (χ2n) is 7.62. The molecule has 1 saturated heterocycles. The van der Waals surface area contributed by atoms with Gasteiger partial charge in [0.25, 0.3) is 0 Å². The van der Waals surface area contributed by atoms with E-state index >= 15 is 0 Å². The zero-order valence-corrected chi connectivity index (χ0v) is 16.0. The lowest BCUT2D eigenvalue weighted by molar-refractivity contribution is 0.391. The zero-order chi connectivity index (χ0) is 19.3. The molecule has 4 heterocycles. The van der Waals surface area contributed by atoms with Gasteiger partial charge in [0.2, 0.25) is 0 Å². The van der Waals surface area contributed by atoms with Gasteiger partial charge in [0.05, 0.1) is 36.5 Å². The van der Waals surface area contributed by atoms with Crippen molar-refractivity contribution in [2.24, 2.45) is 0 Å². The first kappa shape index (κ1) is 16.9. The van der Waals surface area contributed by atoms with Gasteiger partial charge in [0.15, 0.2) is 5.69 Å². The van der Waals surface area contributed by atoms with Crippen LogP contribution in [0.5, 0.6) is 0 Å². The number of imidazole rings is 1. The predicted octanol–water partition coefficient (Wildman–Crippen LogP) is 3.57. The van der Waals surface area contributed by atoms with E-state index in [0.29, 0.717) is 18.3 Å². The third-order valence-corrected chi connectivity index (χ3v) is 5.50. The minimum atomic E-state index is 0.351. The highest BCUT2D eigenvalue weighted by molar-refractivity contribution is 6.03. The number of rotatable bonds is 3. The highest BCUT2D eigenvalue weighted by Gasteiger charge is 2.26. The topological polar surface area (TPSA) is 56.1 Å². The number of aryl methyl sites for hydroxylation is 1. The fraction of sp³-hybridized carbons (Fsp3) is 0.333. The Bertz CT molecular complexity index is 1230. The number of hydrogen-bond acceptors (Lipinski definition) is 4. The van der Waals surface area contributed by atoms with Crippen LogP contribution in [0.3, 0.4) is 0 Å².